The SMILES string of the molecule is CS/C(=N/O)c1ccccc1F. The average molecular weight is 185 g/mol. The Kier molecular flexibility index (Phi) is 3.10. The zero-order valence-electron chi connectivity index (χ0n) is 6.49. The molecule has 0 aliphatic heterocycles. The van der Waals surface area contributed by atoms with E-state index < -0.39 is 0 Å². The molecule has 64 valence electrons. The van der Waals surface area contributed by atoms with Crippen LogP contribution in [0.3, 0.4) is 0 Å². The lowest BCUT2D eigenvalue weighted by Gasteiger charge is -2.00. The maximum atomic E-state index is 13.0. The van der Waals surface area contributed by atoms with Gasteiger partial charge in [0.25, 0.3) is 0 Å². The molecular weight excluding hydrogens is 177 g/mol. The quantitative estimate of drug-likeness (QED) is 0.315. The smallest absolute Gasteiger partial charge is 0.145 e. The van der Waals surface area contributed by atoms with Crippen molar-refractivity contribution in [3.05, 3.63) is 35.6 Å². The summed E-state index contributed by atoms with van der Waals surface area (Å²) in [5.41, 5.74) is 0.326. The van der Waals surface area contributed by atoms with E-state index in [0.717, 1.165) is 0 Å². The Balaban J connectivity index is 3.10. The van der Waals surface area contributed by atoms with E-state index in [1.165, 1.54) is 17.8 Å². The van der Waals surface area contributed by atoms with Gasteiger partial charge in [-0.2, -0.15) is 0 Å². The summed E-state index contributed by atoms with van der Waals surface area (Å²) in [6, 6.07) is 6.19. The van der Waals surface area contributed by atoms with Crippen LogP contribution in [0.1, 0.15) is 5.56 Å². The van der Waals surface area contributed by atoms with Crippen LogP contribution in [0.2, 0.25) is 0 Å². The minimum atomic E-state index is -0.375. The molecule has 0 saturated carbocycles. The highest BCUT2D eigenvalue weighted by atomic mass is 32.2. The fourth-order valence-corrected chi connectivity index (χ4v) is 1.31. The molecule has 1 rings (SSSR count). The Hall–Kier alpha value is -1.03. The van der Waals surface area contributed by atoms with Crippen LogP contribution in [0.15, 0.2) is 29.4 Å². The lowest BCUT2D eigenvalue weighted by Crippen LogP contribution is -1.97. The van der Waals surface area contributed by atoms with E-state index in [2.05, 4.69) is 5.16 Å². The Bertz CT molecular complexity index is 301. The summed E-state index contributed by atoms with van der Waals surface area (Å²) in [6.07, 6.45) is 1.72. The van der Waals surface area contributed by atoms with Crippen LogP contribution < -0.4 is 0 Å². The number of rotatable bonds is 1. The zero-order chi connectivity index (χ0) is 8.97. The summed E-state index contributed by atoms with van der Waals surface area (Å²) >= 11 is 1.20. The Morgan fingerprint density at radius 2 is 2.17 bits per heavy atom. The second-order valence-corrected chi connectivity index (χ2v) is 2.88. The molecule has 0 unspecified atom stereocenters. The first kappa shape index (κ1) is 9.06. The molecule has 0 bridgehead atoms. The molecule has 0 amide bonds. The number of hydrogen-bond donors (Lipinski definition) is 1. The Labute approximate surface area is 74.1 Å². The van der Waals surface area contributed by atoms with E-state index in [1.807, 2.05) is 0 Å². The Morgan fingerprint density at radius 1 is 1.50 bits per heavy atom. The van der Waals surface area contributed by atoms with Crippen molar-refractivity contribution >= 4 is 16.8 Å². The van der Waals surface area contributed by atoms with Crippen molar-refractivity contribution in [1.29, 1.82) is 0 Å². The highest BCUT2D eigenvalue weighted by Crippen LogP contribution is 2.13. The molecule has 0 radical (unpaired) electrons. The first-order valence-electron chi connectivity index (χ1n) is 3.30. The van der Waals surface area contributed by atoms with Gasteiger partial charge in [-0.15, -0.1) is 11.8 Å². The number of halogens is 1. The van der Waals surface area contributed by atoms with Gasteiger partial charge < -0.3 is 5.21 Å². The third kappa shape index (κ3) is 1.76. The van der Waals surface area contributed by atoms with E-state index >= 15 is 0 Å². The topological polar surface area (TPSA) is 32.6 Å². The van der Waals surface area contributed by atoms with Gasteiger partial charge in [-0.3, -0.25) is 0 Å². The van der Waals surface area contributed by atoms with Gasteiger partial charge in [-0.1, -0.05) is 17.3 Å². The predicted octanol–water partition coefficient (Wildman–Crippen LogP) is 2.32. The molecule has 0 atom stereocenters. The van der Waals surface area contributed by atoms with Gasteiger partial charge in [0.2, 0.25) is 0 Å². The van der Waals surface area contributed by atoms with Crippen LogP contribution in [-0.4, -0.2) is 16.5 Å². The summed E-state index contributed by atoms with van der Waals surface area (Å²) in [5, 5.41) is 11.8. The zero-order valence-corrected chi connectivity index (χ0v) is 7.31. The van der Waals surface area contributed by atoms with Crippen LogP contribution in [0.4, 0.5) is 4.39 Å². The molecule has 0 spiro atoms. The summed E-state index contributed by atoms with van der Waals surface area (Å²) in [4.78, 5) is 0. The minimum absolute atomic E-state index is 0.285. The maximum absolute atomic E-state index is 13.0. The van der Waals surface area contributed by atoms with Gasteiger partial charge in [-0.25, -0.2) is 4.39 Å². The largest absolute Gasteiger partial charge is 0.410 e. The Morgan fingerprint density at radius 3 is 2.67 bits per heavy atom. The molecule has 2 nitrogen and oxygen atoms in total. The van der Waals surface area contributed by atoms with Gasteiger partial charge in [0.15, 0.2) is 0 Å². The molecule has 4 heteroatoms. The van der Waals surface area contributed by atoms with E-state index in [-0.39, 0.29) is 10.9 Å². The van der Waals surface area contributed by atoms with Gasteiger partial charge in [0, 0.05) is 5.56 Å². The lowest BCUT2D eigenvalue weighted by molar-refractivity contribution is 0.321. The summed E-state index contributed by atoms with van der Waals surface area (Å²) in [5.74, 6) is -0.375. The van der Waals surface area contributed by atoms with Crippen molar-refractivity contribution in [3.63, 3.8) is 0 Å². The standard InChI is InChI=1S/C8H8FNOS/c1-12-8(10-11)6-4-2-3-5-7(6)9/h2-5,11H,1H3/b10-8+. The molecule has 1 aromatic carbocycles. The average Bonchev–Trinajstić information content (AvgIpc) is 2.10. The minimum Gasteiger partial charge on any atom is -0.410 e. The second kappa shape index (κ2) is 4.11. The molecule has 1 N–H and O–H groups in total. The van der Waals surface area contributed by atoms with Crippen LogP contribution in [0.25, 0.3) is 0 Å². The molecule has 0 aromatic heterocycles. The van der Waals surface area contributed by atoms with Gasteiger partial charge >= 0.3 is 0 Å². The molecule has 0 fully saturated rings. The van der Waals surface area contributed by atoms with Crippen LogP contribution in [0, 0.1) is 5.82 Å². The monoisotopic (exact) mass is 185 g/mol. The third-order valence-electron chi connectivity index (χ3n) is 1.39. The van der Waals surface area contributed by atoms with E-state index in [0.29, 0.717) is 5.56 Å². The van der Waals surface area contributed by atoms with E-state index in [9.17, 15) is 4.39 Å². The molecule has 0 saturated heterocycles. The van der Waals surface area contributed by atoms with Crippen LogP contribution >= 0.6 is 11.8 Å². The fourth-order valence-electron chi connectivity index (χ4n) is 0.839. The van der Waals surface area contributed by atoms with Gasteiger partial charge in [-0.05, 0) is 18.4 Å². The van der Waals surface area contributed by atoms with Crippen molar-refractivity contribution in [2.24, 2.45) is 5.16 Å². The number of thioether (sulfide) groups is 1. The first-order chi connectivity index (χ1) is 5.79. The predicted molar refractivity (Wildman–Crippen MR) is 48.2 cm³/mol. The summed E-state index contributed by atoms with van der Waals surface area (Å²) in [6.45, 7) is 0. The third-order valence-corrected chi connectivity index (χ3v) is 2.08. The molecule has 1 aromatic rings. The first-order valence-corrected chi connectivity index (χ1v) is 4.53. The molecular formula is C8H8FNOS. The number of oxime groups is 1. The van der Waals surface area contributed by atoms with Gasteiger partial charge in [0.05, 0.1) is 0 Å². The number of nitrogens with zero attached hydrogens (tertiary/aromatic N) is 1. The van der Waals surface area contributed by atoms with Crippen molar-refractivity contribution in [3.8, 4) is 0 Å². The summed E-state index contributed by atoms with van der Waals surface area (Å²) in [7, 11) is 0. The van der Waals surface area contributed by atoms with Crippen molar-refractivity contribution in [2.45, 2.75) is 0 Å². The molecule has 12 heavy (non-hydrogen) atoms. The van der Waals surface area contributed by atoms with Crippen molar-refractivity contribution < 1.29 is 9.60 Å². The van der Waals surface area contributed by atoms with Crippen molar-refractivity contribution in [2.75, 3.05) is 6.26 Å². The highest BCUT2D eigenvalue weighted by Gasteiger charge is 2.07. The maximum Gasteiger partial charge on any atom is 0.145 e. The van der Waals surface area contributed by atoms with E-state index in [1.54, 1.807) is 24.5 Å². The van der Waals surface area contributed by atoms with Crippen LogP contribution in [-0.2, 0) is 0 Å². The normalized spacial score (nSPS) is 11.7. The number of hydrogen-bond acceptors (Lipinski definition) is 3. The molecule has 0 aliphatic rings. The fraction of sp³-hybridized carbons (Fsp3) is 0.125. The molecule has 0 aliphatic carbocycles. The summed E-state index contributed by atoms with van der Waals surface area (Å²) < 4.78 is 13.0. The molecule has 0 heterocycles. The number of benzene rings is 1. The highest BCUT2D eigenvalue weighted by molar-refractivity contribution is 8.13. The van der Waals surface area contributed by atoms with Crippen molar-refractivity contribution in [1.82, 2.24) is 0 Å². The van der Waals surface area contributed by atoms with Gasteiger partial charge in [0.1, 0.15) is 10.9 Å². The van der Waals surface area contributed by atoms with Crippen LogP contribution in [0.5, 0.6) is 0 Å². The second-order valence-electron chi connectivity index (χ2n) is 2.09. The van der Waals surface area contributed by atoms with E-state index in [4.69, 9.17) is 5.21 Å². The lowest BCUT2D eigenvalue weighted by atomic mass is 10.2.